The van der Waals surface area contributed by atoms with Crippen molar-refractivity contribution in [2.45, 2.75) is 38.8 Å². The molecule has 1 N–H and O–H groups in total. The summed E-state index contributed by atoms with van der Waals surface area (Å²) in [5.74, 6) is 0.674. The quantitative estimate of drug-likeness (QED) is 0.472. The molecule has 0 fully saturated rings. The fourth-order valence-corrected chi connectivity index (χ4v) is 3.27. The summed E-state index contributed by atoms with van der Waals surface area (Å²) in [5.41, 5.74) is -0.852. The molecule has 30 heavy (non-hydrogen) atoms. The Morgan fingerprint density at radius 2 is 2.13 bits per heavy atom. The van der Waals surface area contributed by atoms with Crippen LogP contribution in [0, 0.1) is 0 Å². The lowest BCUT2D eigenvalue weighted by Crippen LogP contribution is -2.14. The minimum Gasteiger partial charge on any atom is -0.491 e. The molecule has 0 saturated heterocycles. The Hall–Kier alpha value is -2.88. The number of aryl methyl sites for hydroxylation is 1. The number of carbonyl (C=O) groups is 1. The first-order chi connectivity index (χ1) is 14.4. The lowest BCUT2D eigenvalue weighted by Gasteiger charge is -2.15. The Bertz CT molecular complexity index is 971. The molecule has 10 heteroatoms. The summed E-state index contributed by atoms with van der Waals surface area (Å²) in [6.45, 7) is 2.21. The highest BCUT2D eigenvalue weighted by atomic mass is 32.1. The molecule has 3 aromatic rings. The highest BCUT2D eigenvalue weighted by molar-refractivity contribution is 7.13. The number of halogens is 3. The molecule has 0 unspecified atom stereocenters. The van der Waals surface area contributed by atoms with Gasteiger partial charge in [0.15, 0.2) is 0 Å². The number of hydrogen-bond acceptors (Lipinski definition) is 6. The molecule has 0 bridgehead atoms. The molecule has 3 rings (SSSR count). The largest absolute Gasteiger partial charge is 0.491 e. The molecule has 1 amide bonds. The second kappa shape index (κ2) is 9.75. The molecule has 0 aliphatic heterocycles. The van der Waals surface area contributed by atoms with Gasteiger partial charge >= 0.3 is 6.18 Å². The molecule has 0 radical (unpaired) electrons. The Kier molecular flexibility index (Phi) is 7.09. The minimum absolute atomic E-state index is 0.000969. The normalized spacial score (nSPS) is 11.5. The first-order valence-corrected chi connectivity index (χ1v) is 10.2. The molecule has 2 aromatic heterocycles. The monoisotopic (exact) mass is 439 g/mol. The van der Waals surface area contributed by atoms with E-state index in [-0.39, 0.29) is 17.9 Å². The van der Waals surface area contributed by atoms with Gasteiger partial charge in [-0.1, -0.05) is 18.1 Å². The molecule has 0 aliphatic carbocycles. The maximum Gasteiger partial charge on any atom is 0.416 e. The summed E-state index contributed by atoms with van der Waals surface area (Å²) < 4.78 is 49.6. The van der Waals surface area contributed by atoms with E-state index >= 15 is 0 Å². The van der Waals surface area contributed by atoms with Crippen LogP contribution in [0.15, 0.2) is 40.2 Å². The van der Waals surface area contributed by atoms with Crippen molar-refractivity contribution in [3.8, 4) is 16.5 Å². The predicted octanol–water partition coefficient (Wildman–Crippen LogP) is 5.57. The number of nitrogens with zero attached hydrogens (tertiary/aromatic N) is 2. The van der Waals surface area contributed by atoms with Crippen LogP contribution in [0.1, 0.15) is 37.6 Å². The van der Waals surface area contributed by atoms with Crippen molar-refractivity contribution in [3.05, 3.63) is 47.2 Å². The highest BCUT2D eigenvalue weighted by Crippen LogP contribution is 2.35. The summed E-state index contributed by atoms with van der Waals surface area (Å²) in [7, 11) is 0. The van der Waals surface area contributed by atoms with E-state index in [4.69, 9.17) is 9.26 Å². The van der Waals surface area contributed by atoms with Gasteiger partial charge < -0.3 is 14.6 Å². The minimum atomic E-state index is -4.51. The van der Waals surface area contributed by atoms with Crippen molar-refractivity contribution in [2.24, 2.45) is 0 Å². The standard InChI is InChI=1S/C20H20F3N3O3S/c1-2-10-28-15-9-8-13(20(21,22)23)12-14(15)24-17(27)6-3-7-18-25-19(26-29-18)16-5-4-11-30-16/h4-5,8-9,11-12H,2-3,6-7,10H2,1H3,(H,24,27). The molecule has 1 aromatic carbocycles. The molecule has 0 aliphatic rings. The number of thiophene rings is 1. The zero-order valence-electron chi connectivity index (χ0n) is 16.2. The third-order valence-corrected chi connectivity index (χ3v) is 4.91. The predicted molar refractivity (Wildman–Crippen MR) is 106 cm³/mol. The van der Waals surface area contributed by atoms with Crippen LogP contribution >= 0.6 is 11.3 Å². The van der Waals surface area contributed by atoms with Gasteiger partial charge in [0, 0.05) is 12.8 Å². The fourth-order valence-electron chi connectivity index (χ4n) is 2.62. The first-order valence-electron chi connectivity index (χ1n) is 9.37. The van der Waals surface area contributed by atoms with Crippen molar-refractivity contribution >= 4 is 22.9 Å². The lowest BCUT2D eigenvalue weighted by molar-refractivity contribution is -0.137. The molecular weight excluding hydrogens is 419 g/mol. The molecule has 0 atom stereocenters. The van der Waals surface area contributed by atoms with E-state index in [1.807, 2.05) is 24.4 Å². The Morgan fingerprint density at radius 1 is 1.30 bits per heavy atom. The van der Waals surface area contributed by atoms with Crippen LogP contribution in [-0.4, -0.2) is 22.7 Å². The number of anilines is 1. The number of rotatable bonds is 9. The number of benzene rings is 1. The SMILES string of the molecule is CCCOc1ccc(C(F)(F)F)cc1NC(=O)CCCc1nc(-c2cccs2)no1. The number of ether oxygens (including phenoxy) is 1. The van der Waals surface area contributed by atoms with E-state index in [1.165, 1.54) is 17.4 Å². The maximum atomic E-state index is 13.0. The van der Waals surface area contributed by atoms with E-state index < -0.39 is 17.6 Å². The summed E-state index contributed by atoms with van der Waals surface area (Å²) in [5, 5.41) is 8.32. The van der Waals surface area contributed by atoms with E-state index in [0.717, 1.165) is 17.0 Å². The zero-order chi connectivity index (χ0) is 21.6. The van der Waals surface area contributed by atoms with Crippen LogP contribution in [0.3, 0.4) is 0 Å². The van der Waals surface area contributed by atoms with Crippen molar-refractivity contribution < 1.29 is 27.2 Å². The van der Waals surface area contributed by atoms with Gasteiger partial charge in [-0.2, -0.15) is 18.2 Å². The zero-order valence-corrected chi connectivity index (χ0v) is 17.0. The molecule has 160 valence electrons. The Balaban J connectivity index is 1.58. The maximum absolute atomic E-state index is 13.0. The molecule has 0 saturated carbocycles. The van der Waals surface area contributed by atoms with Crippen LogP contribution in [0.25, 0.3) is 10.7 Å². The third kappa shape index (κ3) is 5.82. The number of aromatic nitrogens is 2. The number of nitrogens with one attached hydrogen (secondary N) is 1. The van der Waals surface area contributed by atoms with E-state index in [0.29, 0.717) is 37.6 Å². The molecular formula is C20H20F3N3O3S. The van der Waals surface area contributed by atoms with Crippen LogP contribution < -0.4 is 10.1 Å². The summed E-state index contributed by atoms with van der Waals surface area (Å²) >= 11 is 1.49. The topological polar surface area (TPSA) is 77.2 Å². The van der Waals surface area contributed by atoms with Crippen molar-refractivity contribution in [1.29, 1.82) is 0 Å². The van der Waals surface area contributed by atoms with Gasteiger partial charge in [-0.15, -0.1) is 11.3 Å². The third-order valence-electron chi connectivity index (χ3n) is 4.05. The van der Waals surface area contributed by atoms with E-state index in [2.05, 4.69) is 15.5 Å². The van der Waals surface area contributed by atoms with Gasteiger partial charge in [-0.3, -0.25) is 4.79 Å². The van der Waals surface area contributed by atoms with Crippen molar-refractivity contribution in [2.75, 3.05) is 11.9 Å². The lowest BCUT2D eigenvalue weighted by atomic mass is 10.1. The van der Waals surface area contributed by atoms with Crippen LogP contribution in [0.5, 0.6) is 5.75 Å². The molecule has 6 nitrogen and oxygen atoms in total. The number of amides is 1. The smallest absolute Gasteiger partial charge is 0.416 e. The van der Waals surface area contributed by atoms with Gasteiger partial charge in [0.1, 0.15) is 5.75 Å². The van der Waals surface area contributed by atoms with Gasteiger partial charge in [-0.25, -0.2) is 0 Å². The van der Waals surface area contributed by atoms with E-state index in [1.54, 1.807) is 0 Å². The van der Waals surface area contributed by atoms with Crippen LogP contribution in [0.4, 0.5) is 18.9 Å². The van der Waals surface area contributed by atoms with Gasteiger partial charge in [-0.05, 0) is 42.5 Å². The highest BCUT2D eigenvalue weighted by Gasteiger charge is 2.31. The number of carbonyl (C=O) groups excluding carboxylic acids is 1. The molecule has 2 heterocycles. The second-order valence-electron chi connectivity index (χ2n) is 6.45. The average Bonchev–Trinajstić information content (AvgIpc) is 3.38. The summed E-state index contributed by atoms with van der Waals surface area (Å²) in [6.07, 6.45) is -2.96. The number of alkyl halides is 3. The number of hydrogen-bond donors (Lipinski definition) is 1. The summed E-state index contributed by atoms with van der Waals surface area (Å²) in [6, 6.07) is 6.79. The van der Waals surface area contributed by atoms with Gasteiger partial charge in [0.2, 0.25) is 17.6 Å². The Morgan fingerprint density at radius 3 is 2.83 bits per heavy atom. The summed E-state index contributed by atoms with van der Waals surface area (Å²) in [4.78, 5) is 17.4. The van der Waals surface area contributed by atoms with E-state index in [9.17, 15) is 18.0 Å². The first kappa shape index (κ1) is 21.8. The van der Waals surface area contributed by atoms with Crippen LogP contribution in [-0.2, 0) is 17.4 Å². The fraction of sp³-hybridized carbons (Fsp3) is 0.350. The van der Waals surface area contributed by atoms with Crippen LogP contribution in [0.2, 0.25) is 0 Å². The molecule has 0 spiro atoms. The Labute approximate surface area is 175 Å². The van der Waals surface area contributed by atoms with Crippen molar-refractivity contribution in [3.63, 3.8) is 0 Å². The van der Waals surface area contributed by atoms with Crippen molar-refractivity contribution in [1.82, 2.24) is 10.1 Å². The van der Waals surface area contributed by atoms with Gasteiger partial charge in [0.25, 0.3) is 0 Å². The average molecular weight is 439 g/mol. The van der Waals surface area contributed by atoms with Gasteiger partial charge in [0.05, 0.1) is 22.7 Å². The second-order valence-corrected chi connectivity index (χ2v) is 7.40.